The Morgan fingerprint density at radius 3 is 2.26 bits per heavy atom. The SMILES string of the molecule is C=C(C1=CC=C(CC2=CC=CC(C)C2)CC1)C1=CC=CC(C)C1. The minimum atomic E-state index is 0.635. The predicted molar refractivity (Wildman–Crippen MR) is 101 cm³/mol. The van der Waals surface area contributed by atoms with Crippen LogP contribution in [0.25, 0.3) is 0 Å². The lowest BCUT2D eigenvalue weighted by atomic mass is 9.83. The highest BCUT2D eigenvalue weighted by Gasteiger charge is 2.16. The Bertz CT molecular complexity index is 658. The quantitative estimate of drug-likeness (QED) is 0.547. The Labute approximate surface area is 141 Å². The van der Waals surface area contributed by atoms with Gasteiger partial charge in [-0.15, -0.1) is 0 Å². The summed E-state index contributed by atoms with van der Waals surface area (Å²) in [6.45, 7) is 8.94. The van der Waals surface area contributed by atoms with E-state index in [1.165, 1.54) is 29.6 Å². The van der Waals surface area contributed by atoms with Gasteiger partial charge in [0.2, 0.25) is 0 Å². The van der Waals surface area contributed by atoms with Gasteiger partial charge in [0.15, 0.2) is 0 Å². The molecule has 0 aliphatic heterocycles. The van der Waals surface area contributed by atoms with Crippen LogP contribution in [0, 0.1) is 11.8 Å². The fraction of sp³-hybridized carbons (Fsp3) is 0.391. The fourth-order valence-electron chi connectivity index (χ4n) is 3.71. The van der Waals surface area contributed by atoms with Crippen LogP contribution in [0.15, 0.2) is 83.1 Å². The minimum absolute atomic E-state index is 0.635. The predicted octanol–water partition coefficient (Wildman–Crippen LogP) is 6.62. The number of rotatable bonds is 4. The Morgan fingerprint density at radius 2 is 1.61 bits per heavy atom. The van der Waals surface area contributed by atoms with Crippen LogP contribution >= 0.6 is 0 Å². The van der Waals surface area contributed by atoms with Crippen LogP contribution in [0.5, 0.6) is 0 Å². The van der Waals surface area contributed by atoms with Gasteiger partial charge in [0.05, 0.1) is 0 Å². The molecule has 2 unspecified atom stereocenters. The summed E-state index contributed by atoms with van der Waals surface area (Å²) in [4.78, 5) is 0. The summed E-state index contributed by atoms with van der Waals surface area (Å²) in [5.74, 6) is 1.33. The molecular weight excluding hydrogens is 276 g/mol. The van der Waals surface area contributed by atoms with Gasteiger partial charge in [-0.25, -0.2) is 0 Å². The lowest BCUT2D eigenvalue weighted by Gasteiger charge is -2.22. The molecule has 0 spiro atoms. The van der Waals surface area contributed by atoms with Crippen molar-refractivity contribution in [2.24, 2.45) is 11.8 Å². The molecule has 120 valence electrons. The van der Waals surface area contributed by atoms with Crippen molar-refractivity contribution in [3.8, 4) is 0 Å². The molecule has 0 aromatic rings. The van der Waals surface area contributed by atoms with Gasteiger partial charge in [-0.2, -0.15) is 0 Å². The Balaban J connectivity index is 1.65. The standard InChI is InChI=1S/C23H28/c1-17-6-4-8-21(14-17)16-20-10-12-22(13-11-20)19(3)23-9-5-7-18(2)15-23/h4-10,12,17-18H,3,11,13-16H2,1-2H3. The first kappa shape index (κ1) is 16.1. The topological polar surface area (TPSA) is 0 Å². The third kappa shape index (κ3) is 4.13. The van der Waals surface area contributed by atoms with Crippen LogP contribution < -0.4 is 0 Å². The highest BCUT2D eigenvalue weighted by molar-refractivity contribution is 5.50. The van der Waals surface area contributed by atoms with E-state index in [2.05, 4.69) is 69.0 Å². The molecule has 0 N–H and O–H groups in total. The summed E-state index contributed by atoms with van der Waals surface area (Å²) in [7, 11) is 0. The fourth-order valence-corrected chi connectivity index (χ4v) is 3.71. The van der Waals surface area contributed by atoms with Gasteiger partial charge in [-0.3, -0.25) is 0 Å². The molecule has 0 heteroatoms. The third-order valence-electron chi connectivity index (χ3n) is 5.10. The summed E-state index contributed by atoms with van der Waals surface area (Å²) in [5.41, 5.74) is 7.24. The molecule has 23 heavy (non-hydrogen) atoms. The molecular formula is C23H28. The highest BCUT2D eigenvalue weighted by Crippen LogP contribution is 2.34. The molecule has 0 saturated carbocycles. The van der Waals surface area contributed by atoms with E-state index < -0.39 is 0 Å². The van der Waals surface area contributed by atoms with Crippen LogP contribution in [0.4, 0.5) is 0 Å². The van der Waals surface area contributed by atoms with Crippen molar-refractivity contribution in [2.45, 2.75) is 46.0 Å². The molecule has 0 radical (unpaired) electrons. The van der Waals surface area contributed by atoms with Crippen molar-refractivity contribution >= 4 is 0 Å². The Hall–Kier alpha value is -1.82. The molecule has 3 rings (SSSR count). The van der Waals surface area contributed by atoms with Crippen LogP contribution in [0.3, 0.4) is 0 Å². The van der Waals surface area contributed by atoms with Gasteiger partial charge in [0.25, 0.3) is 0 Å². The lowest BCUT2D eigenvalue weighted by Crippen LogP contribution is -2.04. The highest BCUT2D eigenvalue weighted by atomic mass is 14.2. The van der Waals surface area contributed by atoms with E-state index in [1.54, 1.807) is 11.1 Å². The number of hydrogen-bond donors (Lipinski definition) is 0. The van der Waals surface area contributed by atoms with Crippen LogP contribution in [-0.2, 0) is 0 Å². The average molecular weight is 304 g/mol. The van der Waals surface area contributed by atoms with E-state index in [-0.39, 0.29) is 0 Å². The van der Waals surface area contributed by atoms with Crippen molar-refractivity contribution in [1.82, 2.24) is 0 Å². The Morgan fingerprint density at radius 1 is 0.870 bits per heavy atom. The van der Waals surface area contributed by atoms with Crippen molar-refractivity contribution in [1.29, 1.82) is 0 Å². The molecule has 0 aromatic carbocycles. The maximum atomic E-state index is 4.37. The molecule has 0 saturated heterocycles. The van der Waals surface area contributed by atoms with Gasteiger partial charge in [-0.1, -0.05) is 80.2 Å². The number of allylic oxidation sites excluding steroid dienone is 13. The summed E-state index contributed by atoms with van der Waals surface area (Å²) < 4.78 is 0. The zero-order valence-electron chi connectivity index (χ0n) is 14.5. The van der Waals surface area contributed by atoms with E-state index in [9.17, 15) is 0 Å². The zero-order valence-corrected chi connectivity index (χ0v) is 14.5. The molecule has 0 amide bonds. The van der Waals surface area contributed by atoms with E-state index >= 15 is 0 Å². The normalized spacial score (nSPS) is 27.0. The second-order valence-electron chi connectivity index (χ2n) is 7.32. The van der Waals surface area contributed by atoms with Gasteiger partial charge < -0.3 is 0 Å². The van der Waals surface area contributed by atoms with Crippen LogP contribution in [0.2, 0.25) is 0 Å². The van der Waals surface area contributed by atoms with Gasteiger partial charge in [-0.05, 0) is 60.7 Å². The van der Waals surface area contributed by atoms with Crippen LogP contribution in [-0.4, -0.2) is 0 Å². The first-order valence-corrected chi connectivity index (χ1v) is 8.93. The van der Waals surface area contributed by atoms with E-state index in [4.69, 9.17) is 0 Å². The average Bonchev–Trinajstić information content (AvgIpc) is 2.55. The maximum absolute atomic E-state index is 4.37. The van der Waals surface area contributed by atoms with E-state index in [1.807, 2.05) is 0 Å². The van der Waals surface area contributed by atoms with Crippen molar-refractivity contribution in [3.63, 3.8) is 0 Å². The molecule has 0 heterocycles. The second-order valence-corrected chi connectivity index (χ2v) is 7.32. The first-order chi connectivity index (χ1) is 11.1. The Kier molecular flexibility index (Phi) is 5.00. The van der Waals surface area contributed by atoms with E-state index in [0.717, 1.165) is 19.3 Å². The smallest absolute Gasteiger partial charge is 0.0102 e. The largest absolute Gasteiger partial charge is 0.0912 e. The monoisotopic (exact) mass is 304 g/mol. The summed E-state index contributed by atoms with van der Waals surface area (Å²) in [6, 6.07) is 0. The summed E-state index contributed by atoms with van der Waals surface area (Å²) >= 11 is 0. The molecule has 0 fully saturated rings. The minimum Gasteiger partial charge on any atom is -0.0912 e. The maximum Gasteiger partial charge on any atom is -0.0102 e. The molecule has 0 nitrogen and oxygen atoms in total. The van der Waals surface area contributed by atoms with Crippen molar-refractivity contribution in [3.05, 3.63) is 83.1 Å². The number of hydrogen-bond acceptors (Lipinski definition) is 0. The lowest BCUT2D eigenvalue weighted by molar-refractivity contribution is 0.685. The van der Waals surface area contributed by atoms with Crippen molar-refractivity contribution in [2.75, 3.05) is 0 Å². The molecule has 2 atom stereocenters. The zero-order chi connectivity index (χ0) is 16.2. The summed E-state index contributed by atoms with van der Waals surface area (Å²) in [5, 5.41) is 0. The third-order valence-corrected chi connectivity index (χ3v) is 5.10. The summed E-state index contributed by atoms with van der Waals surface area (Å²) in [6.07, 6.45) is 24.0. The second kappa shape index (κ2) is 7.17. The van der Waals surface area contributed by atoms with Gasteiger partial charge in [0.1, 0.15) is 0 Å². The first-order valence-electron chi connectivity index (χ1n) is 8.93. The van der Waals surface area contributed by atoms with Gasteiger partial charge in [0, 0.05) is 0 Å². The van der Waals surface area contributed by atoms with Crippen LogP contribution in [0.1, 0.15) is 46.0 Å². The molecule has 0 bridgehead atoms. The molecule has 3 aliphatic carbocycles. The van der Waals surface area contributed by atoms with Gasteiger partial charge >= 0.3 is 0 Å². The van der Waals surface area contributed by atoms with E-state index in [0.29, 0.717) is 11.8 Å². The molecule has 3 aliphatic rings. The van der Waals surface area contributed by atoms with Crippen molar-refractivity contribution < 1.29 is 0 Å². The molecule has 0 aromatic heterocycles.